The van der Waals surface area contributed by atoms with Crippen molar-refractivity contribution in [3.05, 3.63) is 160 Å². The molecule has 0 aliphatic rings. The van der Waals surface area contributed by atoms with Crippen molar-refractivity contribution in [2.24, 2.45) is 0 Å². The highest BCUT2D eigenvalue weighted by Gasteiger charge is 2.14. The summed E-state index contributed by atoms with van der Waals surface area (Å²) < 4.78 is 1.72. The Bertz CT molecular complexity index is 1920. The molecule has 7 heteroatoms. The average molecular weight is 571 g/mol. The molecule has 6 nitrogen and oxygen atoms in total. The summed E-state index contributed by atoms with van der Waals surface area (Å²) >= 11 is 6.17. The number of urea groups is 1. The lowest BCUT2D eigenvalue weighted by Gasteiger charge is -2.15. The lowest BCUT2D eigenvalue weighted by molar-refractivity contribution is 0.262. The number of para-hydroxylation sites is 1. The maximum absolute atomic E-state index is 14.0. The van der Waals surface area contributed by atoms with E-state index in [0.29, 0.717) is 46.1 Å². The van der Waals surface area contributed by atoms with Crippen molar-refractivity contribution in [3.8, 4) is 11.1 Å². The Balaban J connectivity index is 1.33. The second kappa shape index (κ2) is 12.1. The van der Waals surface area contributed by atoms with Gasteiger partial charge in [0.15, 0.2) is 0 Å². The molecule has 1 aromatic heterocycles. The Morgan fingerprint density at radius 3 is 2.12 bits per heavy atom. The second-order valence-corrected chi connectivity index (χ2v) is 10.3. The van der Waals surface area contributed by atoms with E-state index in [1.165, 1.54) is 0 Å². The number of hydrogen-bond acceptors (Lipinski definition) is 3. The van der Waals surface area contributed by atoms with Crippen LogP contribution in [-0.2, 0) is 13.0 Å². The molecule has 0 spiro atoms. The molecule has 0 atom stereocenters. The van der Waals surface area contributed by atoms with E-state index in [1.807, 2.05) is 60.7 Å². The first-order chi connectivity index (χ1) is 20.5. The van der Waals surface area contributed by atoms with Gasteiger partial charge in [-0.05, 0) is 52.6 Å². The maximum Gasteiger partial charge on any atom is 0.323 e. The van der Waals surface area contributed by atoms with Gasteiger partial charge in [-0.1, -0.05) is 109 Å². The molecule has 0 radical (unpaired) electrons. The van der Waals surface area contributed by atoms with E-state index in [4.69, 9.17) is 16.6 Å². The Morgan fingerprint density at radius 2 is 1.38 bits per heavy atom. The third-order valence-electron chi connectivity index (χ3n) is 7.02. The first kappa shape index (κ1) is 27.0. The van der Waals surface area contributed by atoms with Gasteiger partial charge in [-0.2, -0.15) is 0 Å². The van der Waals surface area contributed by atoms with Crippen LogP contribution in [0.2, 0.25) is 5.02 Å². The third-order valence-corrected chi connectivity index (χ3v) is 7.35. The van der Waals surface area contributed by atoms with Crippen molar-refractivity contribution < 1.29 is 4.79 Å². The van der Waals surface area contributed by atoms with E-state index < -0.39 is 6.03 Å². The van der Waals surface area contributed by atoms with Crippen LogP contribution in [0.4, 0.5) is 16.2 Å². The Hall–Kier alpha value is -5.20. The van der Waals surface area contributed by atoms with Gasteiger partial charge in [0, 0.05) is 12.1 Å². The van der Waals surface area contributed by atoms with Gasteiger partial charge in [0.1, 0.15) is 5.82 Å². The number of hydrogen-bond donors (Lipinski definition) is 2. The number of amides is 2. The third kappa shape index (κ3) is 6.09. The zero-order valence-corrected chi connectivity index (χ0v) is 23.4. The molecular formula is C35H27ClN4O2. The van der Waals surface area contributed by atoms with Crippen LogP contribution < -0.4 is 16.2 Å². The topological polar surface area (TPSA) is 76.0 Å². The molecule has 0 aliphatic carbocycles. The molecule has 0 saturated heterocycles. The number of benzene rings is 5. The molecule has 2 amide bonds. The van der Waals surface area contributed by atoms with Gasteiger partial charge < -0.3 is 10.6 Å². The predicted octanol–water partition coefficient (Wildman–Crippen LogP) is 8.00. The highest BCUT2D eigenvalue weighted by atomic mass is 35.5. The quantitative estimate of drug-likeness (QED) is 0.204. The number of fused-ring (bicyclic) bond motifs is 1. The normalized spacial score (nSPS) is 10.9. The Labute approximate surface area is 248 Å². The van der Waals surface area contributed by atoms with Crippen LogP contribution in [0.25, 0.3) is 22.0 Å². The van der Waals surface area contributed by atoms with Crippen molar-refractivity contribution >= 4 is 39.9 Å². The zero-order chi connectivity index (χ0) is 28.9. The molecule has 0 unspecified atom stereocenters. The van der Waals surface area contributed by atoms with E-state index in [1.54, 1.807) is 47.0 Å². The lowest BCUT2D eigenvalue weighted by atomic mass is 10.0. The minimum atomic E-state index is -0.463. The smallest absolute Gasteiger partial charge is 0.308 e. The molecule has 6 rings (SSSR count). The molecule has 1 heterocycles. The molecule has 0 aliphatic heterocycles. The van der Waals surface area contributed by atoms with Crippen LogP contribution in [0, 0.1) is 0 Å². The second-order valence-electron chi connectivity index (χ2n) is 9.94. The van der Waals surface area contributed by atoms with Gasteiger partial charge in [-0.25, -0.2) is 9.78 Å². The number of aromatic nitrogens is 2. The largest absolute Gasteiger partial charge is 0.323 e. The molecule has 6 aromatic rings. The monoisotopic (exact) mass is 570 g/mol. The summed E-state index contributed by atoms with van der Waals surface area (Å²) in [4.78, 5) is 31.6. The van der Waals surface area contributed by atoms with Crippen LogP contribution in [0.1, 0.15) is 17.0 Å². The molecule has 206 valence electrons. The number of nitrogens with one attached hydrogen (secondary N) is 2. The number of anilines is 2. The Kier molecular flexibility index (Phi) is 7.79. The van der Waals surface area contributed by atoms with E-state index in [2.05, 4.69) is 34.9 Å². The summed E-state index contributed by atoms with van der Waals surface area (Å²) in [6.07, 6.45) is 0.508. The van der Waals surface area contributed by atoms with Crippen LogP contribution in [-0.4, -0.2) is 15.6 Å². The molecule has 0 saturated carbocycles. The number of halogens is 1. The van der Waals surface area contributed by atoms with Gasteiger partial charge in [-0.15, -0.1) is 0 Å². The van der Waals surface area contributed by atoms with Crippen molar-refractivity contribution in [1.82, 2.24) is 9.55 Å². The minimum absolute atomic E-state index is 0.173. The SMILES string of the molecule is O=C(Nc1ccc2nc(Cc3ccccc3)n(Cc3ccc(-c4ccccc4)cc3)c(=O)c2c1)Nc1ccccc1Cl. The van der Waals surface area contributed by atoms with Crippen molar-refractivity contribution in [2.45, 2.75) is 13.0 Å². The van der Waals surface area contributed by atoms with Crippen LogP contribution >= 0.6 is 11.6 Å². The highest BCUT2D eigenvalue weighted by molar-refractivity contribution is 6.33. The number of rotatable bonds is 7. The minimum Gasteiger partial charge on any atom is -0.308 e. The summed E-state index contributed by atoms with van der Waals surface area (Å²) in [5.41, 5.74) is 5.65. The van der Waals surface area contributed by atoms with Gasteiger partial charge in [0.2, 0.25) is 0 Å². The van der Waals surface area contributed by atoms with Gasteiger partial charge in [0.05, 0.1) is 28.2 Å². The molecule has 0 bridgehead atoms. The fourth-order valence-electron chi connectivity index (χ4n) is 4.88. The maximum atomic E-state index is 14.0. The molecule has 5 aromatic carbocycles. The fraction of sp³-hybridized carbons (Fsp3) is 0.0571. The van der Waals surface area contributed by atoms with Gasteiger partial charge in [-0.3, -0.25) is 9.36 Å². The van der Waals surface area contributed by atoms with Gasteiger partial charge in [0.25, 0.3) is 5.56 Å². The van der Waals surface area contributed by atoms with E-state index in [9.17, 15) is 9.59 Å². The molecule has 42 heavy (non-hydrogen) atoms. The van der Waals surface area contributed by atoms with Gasteiger partial charge >= 0.3 is 6.03 Å². The standard InChI is InChI=1S/C35H27ClN4O2/c36-30-13-7-8-14-32(30)39-35(42)37-28-19-20-31-29(22-28)34(41)40(33(38-31)21-24-9-3-1-4-10-24)23-25-15-17-27(18-16-25)26-11-5-2-6-12-26/h1-20,22H,21,23H2,(H2,37,39,42). The molecular weight excluding hydrogens is 544 g/mol. The van der Waals surface area contributed by atoms with Crippen molar-refractivity contribution in [3.63, 3.8) is 0 Å². The Morgan fingerprint density at radius 1 is 0.714 bits per heavy atom. The first-order valence-electron chi connectivity index (χ1n) is 13.6. The summed E-state index contributed by atoms with van der Waals surface area (Å²) in [7, 11) is 0. The van der Waals surface area contributed by atoms with E-state index in [0.717, 1.165) is 22.3 Å². The van der Waals surface area contributed by atoms with Crippen LogP contribution in [0.15, 0.2) is 132 Å². The lowest BCUT2D eigenvalue weighted by Crippen LogP contribution is -2.26. The zero-order valence-electron chi connectivity index (χ0n) is 22.6. The highest BCUT2D eigenvalue weighted by Crippen LogP contribution is 2.23. The first-order valence-corrected chi connectivity index (χ1v) is 14.0. The molecule has 0 fully saturated rings. The van der Waals surface area contributed by atoms with Crippen molar-refractivity contribution in [2.75, 3.05) is 10.6 Å². The summed E-state index contributed by atoms with van der Waals surface area (Å²) in [6, 6.07) is 40.1. The summed E-state index contributed by atoms with van der Waals surface area (Å²) in [5, 5.41) is 6.39. The van der Waals surface area contributed by atoms with E-state index >= 15 is 0 Å². The average Bonchev–Trinajstić information content (AvgIpc) is 3.02. The predicted molar refractivity (Wildman–Crippen MR) is 170 cm³/mol. The van der Waals surface area contributed by atoms with Crippen LogP contribution in [0.3, 0.4) is 0 Å². The fourth-order valence-corrected chi connectivity index (χ4v) is 5.07. The summed E-state index contributed by atoms with van der Waals surface area (Å²) in [6.45, 7) is 0.365. The van der Waals surface area contributed by atoms with E-state index in [-0.39, 0.29) is 5.56 Å². The van der Waals surface area contributed by atoms with Crippen LogP contribution in [0.5, 0.6) is 0 Å². The number of nitrogens with zero attached hydrogens (tertiary/aromatic N) is 2. The van der Waals surface area contributed by atoms with Crippen molar-refractivity contribution in [1.29, 1.82) is 0 Å². The molecule has 2 N–H and O–H groups in total. The number of carbonyl (C=O) groups excluding carboxylic acids is 1. The summed E-state index contributed by atoms with van der Waals surface area (Å²) in [5.74, 6) is 0.669. The number of carbonyl (C=O) groups is 1.